The monoisotopic (exact) mass is 289 g/mol. The summed E-state index contributed by atoms with van der Waals surface area (Å²) in [4.78, 5) is 27.2. The number of rotatable bonds is 3. The standard InChI is InChI=1S/C15H19N3O3/c1-18-8-12(11-4-5-16-13(11)15(18)20)14(19)17-7-10-3-2-6-21-9-10/h4-5,8,10,16H,2-3,6-7,9H2,1H3,(H,17,19). The van der Waals surface area contributed by atoms with Crippen LogP contribution in [0.15, 0.2) is 23.3 Å². The normalized spacial score (nSPS) is 18.8. The molecule has 1 aliphatic heterocycles. The smallest absolute Gasteiger partial charge is 0.274 e. The zero-order valence-corrected chi connectivity index (χ0v) is 12.0. The van der Waals surface area contributed by atoms with Crippen LogP contribution in [-0.4, -0.2) is 35.2 Å². The molecule has 0 saturated carbocycles. The number of H-pyrrole nitrogens is 1. The lowest BCUT2D eigenvalue weighted by Crippen LogP contribution is -2.34. The molecule has 0 bridgehead atoms. The highest BCUT2D eigenvalue weighted by Gasteiger charge is 2.18. The minimum atomic E-state index is -0.152. The molecule has 2 aromatic rings. The summed E-state index contributed by atoms with van der Waals surface area (Å²) in [7, 11) is 1.65. The molecular weight excluding hydrogens is 270 g/mol. The van der Waals surface area contributed by atoms with Crippen molar-refractivity contribution in [3.05, 3.63) is 34.4 Å². The number of carbonyl (C=O) groups excluding carboxylic acids is 1. The Morgan fingerprint density at radius 1 is 1.57 bits per heavy atom. The minimum absolute atomic E-state index is 0.132. The van der Waals surface area contributed by atoms with Gasteiger partial charge in [0.05, 0.1) is 12.2 Å². The predicted octanol–water partition coefficient (Wildman–Crippen LogP) is 1.02. The predicted molar refractivity (Wildman–Crippen MR) is 79.4 cm³/mol. The number of nitrogens with zero attached hydrogens (tertiary/aromatic N) is 1. The second kappa shape index (κ2) is 5.73. The summed E-state index contributed by atoms with van der Waals surface area (Å²) in [5.74, 6) is 0.220. The number of nitrogens with one attached hydrogen (secondary N) is 2. The van der Waals surface area contributed by atoms with Crippen molar-refractivity contribution in [1.29, 1.82) is 0 Å². The van der Waals surface area contributed by atoms with Gasteiger partial charge in [-0.05, 0) is 24.8 Å². The summed E-state index contributed by atoms with van der Waals surface area (Å²) in [5.41, 5.74) is 0.850. The Balaban J connectivity index is 1.79. The Hall–Kier alpha value is -2.08. The van der Waals surface area contributed by atoms with E-state index in [0.29, 0.717) is 35.5 Å². The fourth-order valence-electron chi connectivity index (χ4n) is 2.75. The maximum atomic E-state index is 12.4. The Morgan fingerprint density at radius 2 is 2.43 bits per heavy atom. The van der Waals surface area contributed by atoms with Gasteiger partial charge in [-0.25, -0.2) is 0 Å². The number of pyridine rings is 1. The first-order valence-electron chi connectivity index (χ1n) is 7.19. The van der Waals surface area contributed by atoms with E-state index < -0.39 is 0 Å². The van der Waals surface area contributed by atoms with E-state index in [1.54, 1.807) is 25.5 Å². The molecule has 6 nitrogen and oxygen atoms in total. The van der Waals surface area contributed by atoms with Gasteiger partial charge in [0, 0.05) is 38.0 Å². The molecule has 3 rings (SSSR count). The van der Waals surface area contributed by atoms with Gasteiger partial charge < -0.3 is 19.6 Å². The molecule has 2 aromatic heterocycles. The maximum Gasteiger partial charge on any atom is 0.274 e. The molecule has 1 aliphatic rings. The first-order valence-corrected chi connectivity index (χ1v) is 7.19. The number of fused-ring (bicyclic) bond motifs is 1. The highest BCUT2D eigenvalue weighted by molar-refractivity contribution is 6.05. The molecule has 112 valence electrons. The van der Waals surface area contributed by atoms with Gasteiger partial charge in [0.15, 0.2) is 0 Å². The zero-order valence-electron chi connectivity index (χ0n) is 12.0. The van der Waals surface area contributed by atoms with Gasteiger partial charge in [-0.1, -0.05) is 0 Å². The lowest BCUT2D eigenvalue weighted by molar-refractivity contribution is 0.0536. The van der Waals surface area contributed by atoms with Crippen molar-refractivity contribution in [2.45, 2.75) is 12.8 Å². The SMILES string of the molecule is Cn1cc(C(=O)NCC2CCCOC2)c2cc[nH]c2c1=O. The molecule has 6 heteroatoms. The second-order valence-electron chi connectivity index (χ2n) is 5.52. The summed E-state index contributed by atoms with van der Waals surface area (Å²) < 4.78 is 6.84. The molecule has 0 aromatic carbocycles. The summed E-state index contributed by atoms with van der Waals surface area (Å²) in [6.07, 6.45) is 5.39. The Morgan fingerprint density at radius 3 is 3.19 bits per heavy atom. The van der Waals surface area contributed by atoms with Crippen molar-refractivity contribution in [3.63, 3.8) is 0 Å². The third-order valence-corrected chi connectivity index (χ3v) is 3.94. The van der Waals surface area contributed by atoms with Crippen LogP contribution in [0.3, 0.4) is 0 Å². The molecule has 21 heavy (non-hydrogen) atoms. The molecule has 3 heterocycles. The van der Waals surface area contributed by atoms with Crippen molar-refractivity contribution in [1.82, 2.24) is 14.9 Å². The third kappa shape index (κ3) is 2.71. The van der Waals surface area contributed by atoms with E-state index in [9.17, 15) is 9.59 Å². The van der Waals surface area contributed by atoms with Gasteiger partial charge in [-0.3, -0.25) is 9.59 Å². The van der Waals surface area contributed by atoms with Crippen molar-refractivity contribution in [3.8, 4) is 0 Å². The number of amides is 1. The van der Waals surface area contributed by atoms with Gasteiger partial charge in [-0.2, -0.15) is 0 Å². The number of hydrogen-bond acceptors (Lipinski definition) is 3. The summed E-state index contributed by atoms with van der Waals surface area (Å²) >= 11 is 0. The van der Waals surface area contributed by atoms with Crippen LogP contribution in [0.4, 0.5) is 0 Å². The van der Waals surface area contributed by atoms with Crippen LogP contribution in [0.2, 0.25) is 0 Å². The summed E-state index contributed by atoms with van der Waals surface area (Å²) in [6.45, 7) is 2.12. The third-order valence-electron chi connectivity index (χ3n) is 3.94. The molecule has 1 amide bonds. The average Bonchev–Trinajstić information content (AvgIpc) is 2.99. The molecule has 0 radical (unpaired) electrons. The molecule has 1 fully saturated rings. The number of aromatic nitrogens is 2. The van der Waals surface area contributed by atoms with Gasteiger partial charge in [0.1, 0.15) is 5.52 Å². The Labute approximate surface area is 122 Å². The van der Waals surface area contributed by atoms with E-state index in [0.717, 1.165) is 19.4 Å². The van der Waals surface area contributed by atoms with Gasteiger partial charge in [-0.15, -0.1) is 0 Å². The van der Waals surface area contributed by atoms with Gasteiger partial charge >= 0.3 is 0 Å². The first kappa shape index (κ1) is 13.9. The molecular formula is C15H19N3O3. The number of carbonyl (C=O) groups is 1. The Kier molecular flexibility index (Phi) is 3.79. The lowest BCUT2D eigenvalue weighted by atomic mass is 10.0. The van der Waals surface area contributed by atoms with Crippen LogP contribution in [0.5, 0.6) is 0 Å². The maximum absolute atomic E-state index is 12.4. The van der Waals surface area contributed by atoms with E-state index in [1.165, 1.54) is 4.57 Å². The van der Waals surface area contributed by atoms with E-state index in [4.69, 9.17) is 4.74 Å². The molecule has 1 saturated heterocycles. The minimum Gasteiger partial charge on any atom is -0.381 e. The van der Waals surface area contributed by atoms with E-state index in [1.807, 2.05) is 0 Å². The first-order chi connectivity index (χ1) is 10.2. The van der Waals surface area contributed by atoms with Crippen LogP contribution in [-0.2, 0) is 11.8 Å². The van der Waals surface area contributed by atoms with Crippen LogP contribution in [0, 0.1) is 5.92 Å². The van der Waals surface area contributed by atoms with Crippen LogP contribution in [0.25, 0.3) is 10.9 Å². The summed E-state index contributed by atoms with van der Waals surface area (Å²) in [6, 6.07) is 1.76. The fourth-order valence-corrected chi connectivity index (χ4v) is 2.75. The molecule has 1 unspecified atom stereocenters. The van der Waals surface area contributed by atoms with Crippen molar-refractivity contribution >= 4 is 16.8 Å². The van der Waals surface area contributed by atoms with Crippen LogP contribution >= 0.6 is 0 Å². The molecule has 0 spiro atoms. The second-order valence-corrected chi connectivity index (χ2v) is 5.52. The highest BCUT2D eigenvalue weighted by atomic mass is 16.5. The topological polar surface area (TPSA) is 76.1 Å². The molecule has 2 N–H and O–H groups in total. The number of ether oxygens (including phenoxy) is 1. The average molecular weight is 289 g/mol. The number of aromatic amines is 1. The van der Waals surface area contributed by atoms with Crippen molar-refractivity contribution in [2.75, 3.05) is 19.8 Å². The quantitative estimate of drug-likeness (QED) is 0.886. The van der Waals surface area contributed by atoms with Crippen molar-refractivity contribution in [2.24, 2.45) is 13.0 Å². The van der Waals surface area contributed by atoms with Gasteiger partial charge in [0.2, 0.25) is 0 Å². The number of hydrogen-bond donors (Lipinski definition) is 2. The van der Waals surface area contributed by atoms with E-state index >= 15 is 0 Å². The van der Waals surface area contributed by atoms with Crippen molar-refractivity contribution < 1.29 is 9.53 Å². The van der Waals surface area contributed by atoms with Crippen LogP contribution in [0.1, 0.15) is 23.2 Å². The lowest BCUT2D eigenvalue weighted by Gasteiger charge is -2.22. The molecule has 1 atom stereocenters. The largest absolute Gasteiger partial charge is 0.381 e. The van der Waals surface area contributed by atoms with Gasteiger partial charge in [0.25, 0.3) is 11.5 Å². The fraction of sp³-hybridized carbons (Fsp3) is 0.467. The Bertz CT molecular complexity index is 711. The number of aryl methyl sites for hydroxylation is 1. The zero-order chi connectivity index (χ0) is 14.8. The highest BCUT2D eigenvalue weighted by Crippen LogP contribution is 2.15. The van der Waals surface area contributed by atoms with E-state index in [-0.39, 0.29) is 11.5 Å². The molecule has 0 aliphatic carbocycles. The van der Waals surface area contributed by atoms with E-state index in [2.05, 4.69) is 10.3 Å². The summed E-state index contributed by atoms with van der Waals surface area (Å²) in [5, 5.41) is 3.61. The van der Waals surface area contributed by atoms with Crippen LogP contribution < -0.4 is 10.9 Å².